The summed E-state index contributed by atoms with van der Waals surface area (Å²) >= 11 is 8.02. The highest BCUT2D eigenvalue weighted by atomic mass is 35.5. The normalized spacial score (nSPS) is 21.2. The van der Waals surface area contributed by atoms with Crippen LogP contribution in [0.25, 0.3) is 10.9 Å². The number of nitrogens with zero attached hydrogens (tertiary/aromatic N) is 5. The van der Waals surface area contributed by atoms with Gasteiger partial charge < -0.3 is 24.8 Å². The van der Waals surface area contributed by atoms with E-state index in [-0.39, 0.29) is 23.1 Å². The predicted octanol–water partition coefficient (Wildman–Crippen LogP) is 2.98. The summed E-state index contributed by atoms with van der Waals surface area (Å²) in [6.07, 6.45) is 5.17. The number of rotatable bonds is 7. The zero-order valence-corrected chi connectivity index (χ0v) is 22.7. The molecule has 0 aliphatic carbocycles. The minimum Gasteiger partial charge on any atom is -0.478 e. The fourth-order valence-electron chi connectivity index (χ4n) is 5.12. The largest absolute Gasteiger partial charge is 0.478 e. The van der Waals surface area contributed by atoms with Crippen molar-refractivity contribution in [2.24, 2.45) is 11.1 Å². The molecule has 3 aromatic rings. The van der Waals surface area contributed by atoms with Crippen molar-refractivity contribution >= 4 is 40.1 Å². The molecule has 0 amide bonds. The lowest BCUT2D eigenvalue weighted by atomic mass is 9.73. The number of methoxy groups -OCH3 is 2. The van der Waals surface area contributed by atoms with Gasteiger partial charge in [-0.1, -0.05) is 23.4 Å². The average Bonchev–Trinajstić information content (AvgIpc) is 3.18. The number of aromatic nitrogens is 4. The second-order valence-corrected chi connectivity index (χ2v) is 11.0. The van der Waals surface area contributed by atoms with E-state index < -0.39 is 0 Å². The molecule has 0 bridgehead atoms. The molecule has 10 nitrogen and oxygen atoms in total. The highest BCUT2D eigenvalue weighted by Crippen LogP contribution is 2.43. The molecule has 0 radical (unpaired) electrons. The Hall–Kier alpha value is -2.44. The van der Waals surface area contributed by atoms with Crippen LogP contribution in [0.5, 0.6) is 5.88 Å². The number of fused-ring (bicyclic) bond motifs is 1. The van der Waals surface area contributed by atoms with Gasteiger partial charge in [-0.2, -0.15) is 0 Å². The van der Waals surface area contributed by atoms with E-state index in [9.17, 15) is 4.79 Å². The number of anilines is 1. The number of nitrogens with two attached hydrogens (primary N) is 1. The SMILES string of the molecule is COCCn1cnc2ccc(Sc3cnc(N4CCC5(CC4)CO[C@@H](C)[C@H]5N)c(OC)n3)c(Cl)c2c1=O. The zero-order chi connectivity index (χ0) is 26.2. The van der Waals surface area contributed by atoms with Gasteiger partial charge in [0.05, 0.1) is 61.4 Å². The van der Waals surface area contributed by atoms with Crippen LogP contribution in [0.3, 0.4) is 0 Å². The lowest BCUT2D eigenvalue weighted by Gasteiger charge is -2.41. The van der Waals surface area contributed by atoms with Crippen LogP contribution in [0.15, 0.2) is 39.4 Å². The van der Waals surface area contributed by atoms with Crippen LogP contribution < -0.4 is 20.9 Å². The maximum absolute atomic E-state index is 13.0. The molecule has 2 aliphatic rings. The molecule has 2 N–H and O–H groups in total. The van der Waals surface area contributed by atoms with Gasteiger partial charge in [-0.25, -0.2) is 15.0 Å². The van der Waals surface area contributed by atoms with Crippen molar-refractivity contribution in [3.8, 4) is 5.88 Å². The lowest BCUT2D eigenvalue weighted by Crippen LogP contribution is -2.50. The van der Waals surface area contributed by atoms with Gasteiger partial charge in [-0.15, -0.1) is 0 Å². The van der Waals surface area contributed by atoms with Gasteiger partial charge in [0, 0.05) is 36.6 Å². The topological polar surface area (TPSA) is 118 Å². The van der Waals surface area contributed by atoms with E-state index in [2.05, 4.69) is 9.88 Å². The first kappa shape index (κ1) is 26.2. The summed E-state index contributed by atoms with van der Waals surface area (Å²) in [5.74, 6) is 1.15. The molecular formula is C25H31ClN6O4S. The molecule has 5 rings (SSSR count). The van der Waals surface area contributed by atoms with Crippen molar-refractivity contribution < 1.29 is 14.2 Å². The van der Waals surface area contributed by atoms with E-state index in [1.165, 1.54) is 22.7 Å². The van der Waals surface area contributed by atoms with Gasteiger partial charge >= 0.3 is 0 Å². The van der Waals surface area contributed by atoms with Crippen molar-refractivity contribution in [2.45, 2.75) is 48.4 Å². The quantitative estimate of drug-likeness (QED) is 0.474. The maximum Gasteiger partial charge on any atom is 0.262 e. The third-order valence-electron chi connectivity index (χ3n) is 7.45. The number of hydrogen-bond donors (Lipinski definition) is 1. The summed E-state index contributed by atoms with van der Waals surface area (Å²) in [5, 5.41) is 1.31. The van der Waals surface area contributed by atoms with Crippen LogP contribution >= 0.6 is 23.4 Å². The van der Waals surface area contributed by atoms with E-state index in [4.69, 9.17) is 41.5 Å². The van der Waals surface area contributed by atoms with E-state index >= 15 is 0 Å². The lowest BCUT2D eigenvalue weighted by molar-refractivity contribution is 0.0973. The highest BCUT2D eigenvalue weighted by Gasteiger charge is 2.47. The Morgan fingerprint density at radius 1 is 1.27 bits per heavy atom. The van der Waals surface area contributed by atoms with Crippen molar-refractivity contribution in [2.75, 3.05) is 45.4 Å². The van der Waals surface area contributed by atoms with Crippen LogP contribution in [-0.2, 0) is 16.0 Å². The molecule has 0 unspecified atom stereocenters. The Morgan fingerprint density at radius 3 is 2.73 bits per heavy atom. The Labute approximate surface area is 224 Å². The zero-order valence-electron chi connectivity index (χ0n) is 21.1. The molecule has 1 spiro atoms. The van der Waals surface area contributed by atoms with Crippen LogP contribution in [0.4, 0.5) is 5.82 Å². The molecule has 2 fully saturated rings. The maximum atomic E-state index is 13.0. The van der Waals surface area contributed by atoms with Crippen molar-refractivity contribution in [3.05, 3.63) is 40.0 Å². The van der Waals surface area contributed by atoms with E-state index in [0.29, 0.717) is 57.3 Å². The second-order valence-electron chi connectivity index (χ2n) is 9.54. The van der Waals surface area contributed by atoms with Gasteiger partial charge in [0.15, 0.2) is 5.82 Å². The van der Waals surface area contributed by atoms with Crippen molar-refractivity contribution in [1.82, 2.24) is 19.5 Å². The number of halogens is 1. The van der Waals surface area contributed by atoms with Crippen LogP contribution in [0.2, 0.25) is 5.02 Å². The molecule has 12 heteroatoms. The molecular weight excluding hydrogens is 516 g/mol. The monoisotopic (exact) mass is 546 g/mol. The molecule has 4 heterocycles. The minimum absolute atomic E-state index is 0.0240. The van der Waals surface area contributed by atoms with Crippen molar-refractivity contribution in [1.29, 1.82) is 0 Å². The van der Waals surface area contributed by atoms with E-state index in [0.717, 1.165) is 25.9 Å². The molecule has 2 atom stereocenters. The molecule has 0 saturated carbocycles. The fourth-order valence-corrected chi connectivity index (χ4v) is 6.26. The smallest absolute Gasteiger partial charge is 0.262 e. The number of hydrogen-bond acceptors (Lipinski definition) is 10. The summed E-state index contributed by atoms with van der Waals surface area (Å²) in [7, 11) is 3.18. The second kappa shape index (κ2) is 10.7. The molecule has 2 aliphatic heterocycles. The summed E-state index contributed by atoms with van der Waals surface area (Å²) in [6, 6.07) is 3.67. The van der Waals surface area contributed by atoms with Gasteiger partial charge in [0.25, 0.3) is 11.4 Å². The fraction of sp³-hybridized carbons (Fsp3) is 0.520. The summed E-state index contributed by atoms with van der Waals surface area (Å²) in [4.78, 5) is 29.7. The number of benzene rings is 1. The molecule has 198 valence electrons. The first-order valence-corrected chi connectivity index (χ1v) is 13.4. The third kappa shape index (κ3) is 4.90. The molecule has 2 saturated heterocycles. The third-order valence-corrected chi connectivity index (χ3v) is 8.92. The van der Waals surface area contributed by atoms with Crippen LogP contribution in [-0.4, -0.2) is 72.2 Å². The Morgan fingerprint density at radius 2 is 2.05 bits per heavy atom. The van der Waals surface area contributed by atoms with E-state index in [1.54, 1.807) is 26.5 Å². The van der Waals surface area contributed by atoms with Crippen molar-refractivity contribution in [3.63, 3.8) is 0 Å². The first-order valence-electron chi connectivity index (χ1n) is 12.2. The van der Waals surface area contributed by atoms with E-state index in [1.807, 2.05) is 13.0 Å². The summed E-state index contributed by atoms with van der Waals surface area (Å²) in [6.45, 7) is 5.16. The van der Waals surface area contributed by atoms with Gasteiger partial charge in [0.2, 0.25) is 0 Å². The molecule has 37 heavy (non-hydrogen) atoms. The van der Waals surface area contributed by atoms with Gasteiger partial charge in [-0.3, -0.25) is 9.36 Å². The van der Waals surface area contributed by atoms with Crippen LogP contribution in [0.1, 0.15) is 19.8 Å². The minimum atomic E-state index is -0.210. The van der Waals surface area contributed by atoms with Gasteiger partial charge in [-0.05, 0) is 31.9 Å². The number of ether oxygens (including phenoxy) is 3. The summed E-state index contributed by atoms with van der Waals surface area (Å²) < 4.78 is 18.0. The number of piperidine rings is 1. The summed E-state index contributed by atoms with van der Waals surface area (Å²) in [5.41, 5.74) is 6.82. The molecule has 2 aromatic heterocycles. The Balaban J connectivity index is 1.36. The Bertz CT molecular complexity index is 1350. The average molecular weight is 547 g/mol. The standard InChI is InChI=1S/C25H31ClN6O4S/c1-15-21(27)25(13-36-15)6-8-31(9-7-25)22-23(35-3)30-18(12-28-22)37-17-5-4-16-19(20(17)26)24(33)32(14-29-16)10-11-34-2/h4-5,12,14-15,21H,6-11,13,27H2,1-3H3/t15-,21+/m0/s1. The molecule has 1 aromatic carbocycles. The first-order chi connectivity index (χ1) is 17.9. The highest BCUT2D eigenvalue weighted by molar-refractivity contribution is 7.99. The Kier molecular flexibility index (Phi) is 7.60. The van der Waals surface area contributed by atoms with Gasteiger partial charge in [0.1, 0.15) is 5.03 Å². The van der Waals surface area contributed by atoms with Crippen LogP contribution in [0, 0.1) is 5.41 Å². The predicted molar refractivity (Wildman–Crippen MR) is 143 cm³/mol.